The molecule has 0 bridgehead atoms. The zero-order chi connectivity index (χ0) is 19.6. The Bertz CT molecular complexity index is 992. The maximum atomic E-state index is 13.0. The van der Waals surface area contributed by atoms with Crippen molar-refractivity contribution in [3.05, 3.63) is 71.3 Å². The summed E-state index contributed by atoms with van der Waals surface area (Å²) >= 11 is 0. The van der Waals surface area contributed by atoms with Crippen LogP contribution in [0.25, 0.3) is 6.08 Å². The molecule has 1 heterocycles. The van der Waals surface area contributed by atoms with E-state index in [4.69, 9.17) is 0 Å². The fourth-order valence-electron chi connectivity index (χ4n) is 3.84. The van der Waals surface area contributed by atoms with Gasteiger partial charge in [0, 0.05) is 32.3 Å². The first kappa shape index (κ1) is 18.9. The zero-order valence-electron chi connectivity index (χ0n) is 15.8. The lowest BCUT2D eigenvalue weighted by atomic mass is 10.1. The van der Waals surface area contributed by atoms with Gasteiger partial charge in [0.2, 0.25) is 15.9 Å². The number of benzene rings is 2. The maximum absolute atomic E-state index is 13.0. The second-order valence-electron chi connectivity index (χ2n) is 7.26. The molecule has 6 heteroatoms. The number of fused-ring (bicyclic) bond motifs is 1. The van der Waals surface area contributed by atoms with Crippen molar-refractivity contribution < 1.29 is 13.2 Å². The van der Waals surface area contributed by atoms with Crippen molar-refractivity contribution in [1.29, 1.82) is 0 Å². The van der Waals surface area contributed by atoms with Gasteiger partial charge in [0.15, 0.2) is 0 Å². The van der Waals surface area contributed by atoms with E-state index < -0.39 is 10.0 Å². The fraction of sp³-hybridized carbons (Fsp3) is 0.318. The molecule has 1 aliphatic heterocycles. The quantitative estimate of drug-likeness (QED) is 0.747. The van der Waals surface area contributed by atoms with Crippen molar-refractivity contribution in [2.45, 2.75) is 24.2 Å². The van der Waals surface area contributed by atoms with Gasteiger partial charge in [-0.15, -0.1) is 0 Å². The molecule has 146 valence electrons. The van der Waals surface area contributed by atoms with Crippen molar-refractivity contribution in [3.63, 3.8) is 0 Å². The predicted molar refractivity (Wildman–Crippen MR) is 109 cm³/mol. The molecule has 4 rings (SSSR count). The minimum atomic E-state index is -3.51. The number of nitrogens with zero attached hydrogens (tertiary/aromatic N) is 2. The number of hydrogen-bond acceptors (Lipinski definition) is 3. The predicted octanol–water partition coefficient (Wildman–Crippen LogP) is 2.72. The number of carbonyl (C=O) groups excluding carboxylic acids is 1. The minimum absolute atomic E-state index is 0.0848. The SMILES string of the molecule is O=C(/C=C/c1ccccc1)N1CCN(S(=O)(=O)c2ccc3c(c2)CCC3)CC1. The largest absolute Gasteiger partial charge is 0.337 e. The molecule has 0 N–H and O–H groups in total. The average molecular weight is 397 g/mol. The Morgan fingerprint density at radius 3 is 2.36 bits per heavy atom. The Morgan fingerprint density at radius 2 is 1.61 bits per heavy atom. The van der Waals surface area contributed by atoms with E-state index in [2.05, 4.69) is 0 Å². The molecule has 1 aliphatic carbocycles. The van der Waals surface area contributed by atoms with Crippen LogP contribution < -0.4 is 0 Å². The topological polar surface area (TPSA) is 57.7 Å². The number of aryl methyl sites for hydroxylation is 2. The highest BCUT2D eigenvalue weighted by molar-refractivity contribution is 7.89. The molecular weight excluding hydrogens is 372 g/mol. The average Bonchev–Trinajstić information content (AvgIpc) is 3.21. The number of piperazine rings is 1. The van der Waals surface area contributed by atoms with E-state index >= 15 is 0 Å². The van der Waals surface area contributed by atoms with E-state index in [0.29, 0.717) is 31.1 Å². The van der Waals surface area contributed by atoms with Gasteiger partial charge in [0.1, 0.15) is 0 Å². The van der Waals surface area contributed by atoms with Crippen LogP contribution in [-0.2, 0) is 27.7 Å². The van der Waals surface area contributed by atoms with Gasteiger partial charge in [-0.3, -0.25) is 4.79 Å². The summed E-state index contributed by atoms with van der Waals surface area (Å²) in [6, 6.07) is 15.1. The van der Waals surface area contributed by atoms with Gasteiger partial charge in [-0.05, 0) is 54.2 Å². The molecule has 0 spiro atoms. The van der Waals surface area contributed by atoms with Crippen LogP contribution in [0.4, 0.5) is 0 Å². The number of hydrogen-bond donors (Lipinski definition) is 0. The molecule has 28 heavy (non-hydrogen) atoms. The van der Waals surface area contributed by atoms with Crippen molar-refractivity contribution >= 4 is 22.0 Å². The lowest BCUT2D eigenvalue weighted by Crippen LogP contribution is -2.50. The molecule has 0 atom stereocenters. The second-order valence-corrected chi connectivity index (χ2v) is 9.20. The number of rotatable bonds is 4. The van der Waals surface area contributed by atoms with Crippen LogP contribution in [-0.4, -0.2) is 49.7 Å². The molecule has 0 saturated carbocycles. The van der Waals surface area contributed by atoms with Crippen LogP contribution in [0.2, 0.25) is 0 Å². The summed E-state index contributed by atoms with van der Waals surface area (Å²) in [6.45, 7) is 1.46. The fourth-order valence-corrected chi connectivity index (χ4v) is 5.32. The lowest BCUT2D eigenvalue weighted by Gasteiger charge is -2.33. The molecule has 2 aromatic rings. The van der Waals surface area contributed by atoms with Crippen LogP contribution in [0.5, 0.6) is 0 Å². The molecule has 1 fully saturated rings. The van der Waals surface area contributed by atoms with E-state index in [9.17, 15) is 13.2 Å². The van der Waals surface area contributed by atoms with E-state index in [1.807, 2.05) is 42.5 Å². The van der Waals surface area contributed by atoms with Crippen molar-refractivity contribution in [2.75, 3.05) is 26.2 Å². The van der Waals surface area contributed by atoms with Gasteiger partial charge in [-0.25, -0.2) is 8.42 Å². The molecular formula is C22H24N2O3S. The van der Waals surface area contributed by atoms with Gasteiger partial charge < -0.3 is 4.90 Å². The minimum Gasteiger partial charge on any atom is -0.337 e. The molecule has 0 unspecified atom stereocenters. The Morgan fingerprint density at radius 1 is 0.893 bits per heavy atom. The van der Waals surface area contributed by atoms with E-state index in [1.165, 1.54) is 9.87 Å². The third kappa shape index (κ3) is 3.88. The summed E-state index contributed by atoms with van der Waals surface area (Å²) < 4.78 is 27.5. The van der Waals surface area contributed by atoms with E-state index in [-0.39, 0.29) is 5.91 Å². The number of carbonyl (C=O) groups is 1. The highest BCUT2D eigenvalue weighted by Gasteiger charge is 2.30. The Labute approximate surface area is 166 Å². The van der Waals surface area contributed by atoms with E-state index in [0.717, 1.165) is 30.4 Å². The molecule has 0 radical (unpaired) electrons. The molecule has 1 saturated heterocycles. The molecule has 2 aromatic carbocycles. The van der Waals surface area contributed by atoms with Crippen molar-refractivity contribution in [1.82, 2.24) is 9.21 Å². The molecule has 5 nitrogen and oxygen atoms in total. The second kappa shape index (κ2) is 7.89. The summed E-state index contributed by atoms with van der Waals surface area (Å²) in [5.41, 5.74) is 3.38. The summed E-state index contributed by atoms with van der Waals surface area (Å²) in [5, 5.41) is 0. The van der Waals surface area contributed by atoms with Gasteiger partial charge in [-0.2, -0.15) is 4.31 Å². The first-order valence-corrected chi connectivity index (χ1v) is 11.1. The van der Waals surface area contributed by atoms with Gasteiger partial charge in [-0.1, -0.05) is 36.4 Å². The monoisotopic (exact) mass is 396 g/mol. The summed E-state index contributed by atoms with van der Waals surface area (Å²) in [7, 11) is -3.51. The Kier molecular flexibility index (Phi) is 5.33. The highest BCUT2D eigenvalue weighted by Crippen LogP contribution is 2.26. The van der Waals surface area contributed by atoms with Crippen LogP contribution in [0.3, 0.4) is 0 Å². The van der Waals surface area contributed by atoms with Crippen LogP contribution in [0.1, 0.15) is 23.1 Å². The molecule has 0 aromatic heterocycles. The standard InChI is InChI=1S/C22H24N2O3S/c25-22(12-9-18-5-2-1-3-6-18)23-13-15-24(16-14-23)28(26,27)21-11-10-19-7-4-8-20(19)17-21/h1-3,5-6,9-12,17H,4,7-8,13-16H2/b12-9+. The lowest BCUT2D eigenvalue weighted by molar-refractivity contribution is -0.127. The van der Waals surface area contributed by atoms with Crippen molar-refractivity contribution in [2.24, 2.45) is 0 Å². The van der Waals surface area contributed by atoms with Gasteiger partial charge in [0.05, 0.1) is 4.90 Å². The Hall–Kier alpha value is -2.44. The number of sulfonamides is 1. The maximum Gasteiger partial charge on any atom is 0.246 e. The highest BCUT2D eigenvalue weighted by atomic mass is 32.2. The van der Waals surface area contributed by atoms with E-state index in [1.54, 1.807) is 23.1 Å². The van der Waals surface area contributed by atoms with Crippen LogP contribution >= 0.6 is 0 Å². The summed E-state index contributed by atoms with van der Waals surface area (Å²) in [4.78, 5) is 14.5. The Balaban J connectivity index is 1.39. The van der Waals surface area contributed by atoms with Crippen LogP contribution in [0.15, 0.2) is 59.5 Å². The third-order valence-corrected chi connectivity index (χ3v) is 7.37. The van der Waals surface area contributed by atoms with Gasteiger partial charge in [0.25, 0.3) is 0 Å². The zero-order valence-corrected chi connectivity index (χ0v) is 16.6. The normalized spacial score (nSPS) is 17.8. The smallest absolute Gasteiger partial charge is 0.246 e. The first-order chi connectivity index (χ1) is 13.5. The van der Waals surface area contributed by atoms with Crippen molar-refractivity contribution in [3.8, 4) is 0 Å². The first-order valence-electron chi connectivity index (χ1n) is 9.68. The van der Waals surface area contributed by atoms with Crippen LogP contribution in [0, 0.1) is 0 Å². The van der Waals surface area contributed by atoms with Gasteiger partial charge >= 0.3 is 0 Å². The molecule has 1 amide bonds. The molecule has 2 aliphatic rings. The number of amides is 1. The summed E-state index contributed by atoms with van der Waals surface area (Å²) in [6.07, 6.45) is 6.42. The summed E-state index contributed by atoms with van der Waals surface area (Å²) in [5.74, 6) is -0.0848. The third-order valence-electron chi connectivity index (χ3n) is 5.48.